The number of ether oxygens (including phenoxy) is 2. The van der Waals surface area contributed by atoms with Crippen molar-refractivity contribution in [3.63, 3.8) is 0 Å². The molecule has 0 aliphatic carbocycles. The van der Waals surface area contributed by atoms with Crippen LogP contribution < -0.4 is 14.8 Å². The van der Waals surface area contributed by atoms with Gasteiger partial charge in [0.2, 0.25) is 0 Å². The first-order valence-corrected chi connectivity index (χ1v) is 8.24. The van der Waals surface area contributed by atoms with Crippen LogP contribution in [-0.2, 0) is 6.54 Å². The van der Waals surface area contributed by atoms with Gasteiger partial charge in [-0.1, -0.05) is 12.1 Å². The van der Waals surface area contributed by atoms with E-state index in [-0.39, 0.29) is 5.82 Å². The number of thiazole rings is 1. The first-order valence-electron chi connectivity index (χ1n) is 7.36. The minimum Gasteiger partial charge on any atom is -0.497 e. The Kier molecular flexibility index (Phi) is 4.96. The Morgan fingerprint density at radius 3 is 2.58 bits per heavy atom. The lowest BCUT2D eigenvalue weighted by atomic mass is 10.1. The molecule has 0 aliphatic heterocycles. The Bertz CT molecular complexity index is 818. The van der Waals surface area contributed by atoms with E-state index in [4.69, 9.17) is 9.47 Å². The maximum Gasteiger partial charge on any atom is 0.183 e. The number of anilines is 1. The molecule has 2 aromatic carbocycles. The lowest BCUT2D eigenvalue weighted by Gasteiger charge is -2.08. The van der Waals surface area contributed by atoms with E-state index in [1.54, 1.807) is 26.4 Å². The topological polar surface area (TPSA) is 43.4 Å². The van der Waals surface area contributed by atoms with Crippen LogP contribution in [0.2, 0.25) is 0 Å². The van der Waals surface area contributed by atoms with Crippen molar-refractivity contribution < 1.29 is 13.9 Å². The third-order valence-electron chi connectivity index (χ3n) is 3.55. The van der Waals surface area contributed by atoms with Crippen LogP contribution in [0.25, 0.3) is 11.3 Å². The maximum absolute atomic E-state index is 12.9. The normalized spacial score (nSPS) is 10.5. The van der Waals surface area contributed by atoms with E-state index in [0.717, 1.165) is 27.7 Å². The van der Waals surface area contributed by atoms with Crippen LogP contribution >= 0.6 is 11.3 Å². The highest BCUT2D eigenvalue weighted by Gasteiger charge is 2.11. The number of halogens is 1. The number of benzene rings is 2. The van der Waals surface area contributed by atoms with Gasteiger partial charge in [0, 0.05) is 23.6 Å². The van der Waals surface area contributed by atoms with Gasteiger partial charge in [0.05, 0.1) is 19.9 Å². The summed E-state index contributed by atoms with van der Waals surface area (Å²) in [6.45, 7) is 0.590. The molecule has 0 atom stereocenters. The van der Waals surface area contributed by atoms with E-state index in [1.807, 2.05) is 23.6 Å². The molecule has 0 unspecified atom stereocenters. The average Bonchev–Trinajstić information content (AvgIpc) is 3.09. The van der Waals surface area contributed by atoms with Crippen molar-refractivity contribution >= 4 is 16.5 Å². The predicted octanol–water partition coefficient (Wildman–Crippen LogP) is 4.58. The zero-order valence-corrected chi connectivity index (χ0v) is 14.2. The summed E-state index contributed by atoms with van der Waals surface area (Å²) in [5.41, 5.74) is 2.74. The largest absolute Gasteiger partial charge is 0.497 e. The fourth-order valence-electron chi connectivity index (χ4n) is 2.27. The zero-order valence-electron chi connectivity index (χ0n) is 13.4. The number of methoxy groups -OCH3 is 2. The first-order chi connectivity index (χ1) is 11.7. The van der Waals surface area contributed by atoms with Gasteiger partial charge < -0.3 is 14.8 Å². The molecule has 24 heavy (non-hydrogen) atoms. The molecule has 124 valence electrons. The number of nitrogens with zero attached hydrogens (tertiary/aromatic N) is 1. The summed E-state index contributed by atoms with van der Waals surface area (Å²) < 4.78 is 23.5. The highest BCUT2D eigenvalue weighted by molar-refractivity contribution is 7.14. The van der Waals surface area contributed by atoms with Crippen LogP contribution in [0.15, 0.2) is 47.8 Å². The highest BCUT2D eigenvalue weighted by atomic mass is 32.1. The molecule has 3 rings (SSSR count). The molecule has 0 spiro atoms. The van der Waals surface area contributed by atoms with Gasteiger partial charge in [0.25, 0.3) is 0 Å². The van der Waals surface area contributed by atoms with Gasteiger partial charge in [-0.2, -0.15) is 0 Å². The van der Waals surface area contributed by atoms with Crippen LogP contribution in [0.4, 0.5) is 9.52 Å². The van der Waals surface area contributed by atoms with Gasteiger partial charge in [0.1, 0.15) is 17.3 Å². The molecule has 0 radical (unpaired) electrons. The number of nitrogens with one attached hydrogen (secondary N) is 1. The second-order valence-electron chi connectivity index (χ2n) is 5.08. The molecule has 1 N–H and O–H groups in total. The van der Waals surface area contributed by atoms with Crippen LogP contribution in [-0.4, -0.2) is 19.2 Å². The van der Waals surface area contributed by atoms with E-state index in [2.05, 4.69) is 10.3 Å². The molecule has 0 fully saturated rings. The molecule has 0 aliphatic rings. The molecule has 0 saturated heterocycles. The predicted molar refractivity (Wildman–Crippen MR) is 94.4 cm³/mol. The standard InChI is InChI=1S/C18H17FN2O2S/c1-22-14-7-8-15(17(9-14)23-2)16-11-24-18(21-16)20-10-12-3-5-13(19)6-4-12/h3-9,11H,10H2,1-2H3,(H,20,21). The van der Waals surface area contributed by atoms with Crippen molar-refractivity contribution in [3.8, 4) is 22.8 Å². The summed E-state index contributed by atoms with van der Waals surface area (Å²) in [7, 11) is 3.24. The Morgan fingerprint density at radius 2 is 1.88 bits per heavy atom. The molecule has 4 nitrogen and oxygen atoms in total. The molecule has 0 amide bonds. The lowest BCUT2D eigenvalue weighted by molar-refractivity contribution is 0.395. The van der Waals surface area contributed by atoms with Crippen molar-refractivity contribution in [1.82, 2.24) is 4.98 Å². The van der Waals surface area contributed by atoms with E-state index in [0.29, 0.717) is 12.3 Å². The van der Waals surface area contributed by atoms with E-state index in [9.17, 15) is 4.39 Å². The van der Waals surface area contributed by atoms with Crippen LogP contribution in [0.3, 0.4) is 0 Å². The van der Waals surface area contributed by atoms with Gasteiger partial charge in [-0.05, 0) is 29.8 Å². The molecule has 3 aromatic rings. The molecular weight excluding hydrogens is 327 g/mol. The van der Waals surface area contributed by atoms with Gasteiger partial charge in [-0.25, -0.2) is 9.37 Å². The summed E-state index contributed by atoms with van der Waals surface area (Å²) in [5.74, 6) is 1.21. The summed E-state index contributed by atoms with van der Waals surface area (Å²) in [6, 6.07) is 12.0. The van der Waals surface area contributed by atoms with Gasteiger partial charge in [0.15, 0.2) is 5.13 Å². The average molecular weight is 344 g/mol. The Labute approximate surface area is 143 Å². The second kappa shape index (κ2) is 7.31. The minimum atomic E-state index is -0.234. The van der Waals surface area contributed by atoms with Crippen molar-refractivity contribution in [2.75, 3.05) is 19.5 Å². The molecule has 0 bridgehead atoms. The zero-order chi connectivity index (χ0) is 16.9. The number of aromatic nitrogens is 1. The molecule has 1 aromatic heterocycles. The smallest absolute Gasteiger partial charge is 0.183 e. The van der Waals surface area contributed by atoms with Crippen LogP contribution in [0.5, 0.6) is 11.5 Å². The molecular formula is C18H17FN2O2S. The molecule has 1 heterocycles. The minimum absolute atomic E-state index is 0.234. The molecule has 0 saturated carbocycles. The van der Waals surface area contributed by atoms with Gasteiger partial charge in [-0.3, -0.25) is 0 Å². The van der Waals surface area contributed by atoms with Gasteiger partial charge in [-0.15, -0.1) is 11.3 Å². The van der Waals surface area contributed by atoms with E-state index >= 15 is 0 Å². The van der Waals surface area contributed by atoms with Crippen molar-refractivity contribution in [2.24, 2.45) is 0 Å². The quantitative estimate of drug-likeness (QED) is 0.711. The van der Waals surface area contributed by atoms with Crippen LogP contribution in [0.1, 0.15) is 5.56 Å². The lowest BCUT2D eigenvalue weighted by Crippen LogP contribution is -1.99. The third-order valence-corrected chi connectivity index (χ3v) is 4.35. The summed E-state index contributed by atoms with van der Waals surface area (Å²) >= 11 is 1.51. The second-order valence-corrected chi connectivity index (χ2v) is 5.94. The highest BCUT2D eigenvalue weighted by Crippen LogP contribution is 2.34. The van der Waals surface area contributed by atoms with E-state index < -0.39 is 0 Å². The summed E-state index contributed by atoms with van der Waals surface area (Å²) in [6.07, 6.45) is 0. The van der Waals surface area contributed by atoms with Crippen molar-refractivity contribution in [2.45, 2.75) is 6.54 Å². The van der Waals surface area contributed by atoms with Crippen molar-refractivity contribution in [3.05, 3.63) is 59.2 Å². The number of hydrogen-bond donors (Lipinski definition) is 1. The Morgan fingerprint density at radius 1 is 1.08 bits per heavy atom. The Hall–Kier alpha value is -2.60. The summed E-state index contributed by atoms with van der Waals surface area (Å²) in [4.78, 5) is 4.59. The third kappa shape index (κ3) is 3.65. The number of hydrogen-bond acceptors (Lipinski definition) is 5. The van der Waals surface area contributed by atoms with Crippen molar-refractivity contribution in [1.29, 1.82) is 0 Å². The summed E-state index contributed by atoms with van der Waals surface area (Å²) in [5, 5.41) is 6.02. The van der Waals surface area contributed by atoms with E-state index in [1.165, 1.54) is 23.5 Å². The van der Waals surface area contributed by atoms with Gasteiger partial charge >= 0.3 is 0 Å². The van der Waals surface area contributed by atoms with Crippen LogP contribution in [0, 0.1) is 5.82 Å². The SMILES string of the molecule is COc1ccc(-c2csc(NCc3ccc(F)cc3)n2)c(OC)c1. The molecule has 6 heteroatoms. The number of rotatable bonds is 6. The fraction of sp³-hybridized carbons (Fsp3) is 0.167. The maximum atomic E-state index is 12.9. The monoisotopic (exact) mass is 344 g/mol. The fourth-order valence-corrected chi connectivity index (χ4v) is 2.98. The first kappa shape index (κ1) is 16.3. The Balaban J connectivity index is 1.74.